The third kappa shape index (κ3) is 3.29. The second kappa shape index (κ2) is 5.97. The molecule has 1 aromatic rings. The van der Waals surface area contributed by atoms with Crippen LogP contribution in [-0.2, 0) is 17.8 Å². The molecule has 16 heavy (non-hydrogen) atoms. The number of aryl methyl sites for hydroxylation is 1. The molecule has 2 rings (SSSR count). The van der Waals surface area contributed by atoms with Gasteiger partial charge in [0.1, 0.15) is 0 Å². The van der Waals surface area contributed by atoms with Crippen molar-refractivity contribution in [1.29, 1.82) is 0 Å². The van der Waals surface area contributed by atoms with Crippen LogP contribution in [-0.4, -0.2) is 23.3 Å². The van der Waals surface area contributed by atoms with Crippen molar-refractivity contribution in [3.8, 4) is 0 Å². The minimum Gasteiger partial charge on any atom is -0.392 e. The van der Waals surface area contributed by atoms with Gasteiger partial charge in [-0.2, -0.15) is 0 Å². The highest BCUT2D eigenvalue weighted by Gasteiger charge is 2.13. The molecule has 3 heteroatoms. The van der Waals surface area contributed by atoms with Crippen molar-refractivity contribution >= 4 is 0 Å². The minimum absolute atomic E-state index is 0.0815. The Kier molecular flexibility index (Phi) is 4.31. The summed E-state index contributed by atoms with van der Waals surface area (Å²) in [7, 11) is 0. The van der Waals surface area contributed by atoms with Gasteiger partial charge in [0.15, 0.2) is 0 Å². The van der Waals surface area contributed by atoms with E-state index in [0.717, 1.165) is 31.1 Å². The van der Waals surface area contributed by atoms with Gasteiger partial charge >= 0.3 is 0 Å². The van der Waals surface area contributed by atoms with E-state index in [-0.39, 0.29) is 6.61 Å². The van der Waals surface area contributed by atoms with Gasteiger partial charge < -0.3 is 9.84 Å². The van der Waals surface area contributed by atoms with E-state index in [2.05, 4.69) is 4.98 Å². The Bertz CT molecular complexity index is 321. The molecule has 88 valence electrons. The molecule has 1 saturated heterocycles. The predicted molar refractivity (Wildman–Crippen MR) is 62.0 cm³/mol. The van der Waals surface area contributed by atoms with Crippen LogP contribution < -0.4 is 0 Å². The zero-order chi connectivity index (χ0) is 11.2. The molecule has 1 aliphatic heterocycles. The molecule has 2 heterocycles. The van der Waals surface area contributed by atoms with Gasteiger partial charge in [-0.25, -0.2) is 0 Å². The van der Waals surface area contributed by atoms with Crippen molar-refractivity contribution in [3.63, 3.8) is 0 Å². The molecule has 0 atom stereocenters. The van der Waals surface area contributed by atoms with E-state index in [1.807, 2.05) is 12.3 Å². The lowest BCUT2D eigenvalue weighted by Gasteiger charge is -2.21. The van der Waals surface area contributed by atoms with Gasteiger partial charge in [0, 0.05) is 25.6 Å². The molecule has 0 bridgehead atoms. The summed E-state index contributed by atoms with van der Waals surface area (Å²) in [5, 5.41) is 9.02. The normalized spacial score (nSPS) is 17.6. The van der Waals surface area contributed by atoms with Crippen LogP contribution in [0, 0.1) is 5.92 Å². The molecule has 3 nitrogen and oxygen atoms in total. The first-order chi connectivity index (χ1) is 7.88. The first-order valence-electron chi connectivity index (χ1n) is 6.00. The molecule has 0 aromatic carbocycles. The zero-order valence-electron chi connectivity index (χ0n) is 9.56. The maximum Gasteiger partial charge on any atom is 0.0696 e. The van der Waals surface area contributed by atoms with Crippen molar-refractivity contribution in [3.05, 3.63) is 29.6 Å². The van der Waals surface area contributed by atoms with Crippen molar-refractivity contribution in [2.24, 2.45) is 5.92 Å². The highest BCUT2D eigenvalue weighted by molar-refractivity contribution is 5.17. The number of nitrogens with zero attached hydrogens (tertiary/aromatic N) is 1. The smallest absolute Gasteiger partial charge is 0.0696 e. The molecule has 0 spiro atoms. The Morgan fingerprint density at radius 1 is 1.25 bits per heavy atom. The Morgan fingerprint density at radius 2 is 2.00 bits per heavy atom. The predicted octanol–water partition coefficient (Wildman–Crippen LogP) is 1.93. The fourth-order valence-electron chi connectivity index (χ4n) is 2.17. The Hall–Kier alpha value is -0.930. The average molecular weight is 221 g/mol. The molecular formula is C13H19NO2. The molecule has 1 N–H and O–H groups in total. The van der Waals surface area contributed by atoms with Crippen molar-refractivity contribution in [2.45, 2.75) is 32.3 Å². The third-order valence-electron chi connectivity index (χ3n) is 3.22. The Morgan fingerprint density at radius 3 is 2.75 bits per heavy atom. The van der Waals surface area contributed by atoms with Crippen LogP contribution in [0.2, 0.25) is 0 Å². The summed E-state index contributed by atoms with van der Waals surface area (Å²) in [6.07, 6.45) is 8.27. The zero-order valence-corrected chi connectivity index (χ0v) is 9.56. The van der Waals surface area contributed by atoms with Gasteiger partial charge in [0.05, 0.1) is 6.61 Å². The number of aliphatic hydroxyl groups excluding tert-OH is 1. The number of aromatic nitrogens is 1. The lowest BCUT2D eigenvalue weighted by molar-refractivity contribution is 0.0640. The van der Waals surface area contributed by atoms with Gasteiger partial charge in [-0.1, -0.05) is 6.07 Å². The lowest BCUT2D eigenvalue weighted by atomic mass is 9.93. The molecule has 0 saturated carbocycles. The van der Waals surface area contributed by atoms with Crippen molar-refractivity contribution in [2.75, 3.05) is 13.2 Å². The van der Waals surface area contributed by atoms with Crippen LogP contribution in [0.1, 0.15) is 30.4 Å². The molecule has 1 aliphatic rings. The monoisotopic (exact) mass is 221 g/mol. The summed E-state index contributed by atoms with van der Waals surface area (Å²) < 4.78 is 5.34. The van der Waals surface area contributed by atoms with E-state index in [9.17, 15) is 0 Å². The molecular weight excluding hydrogens is 202 g/mol. The van der Waals surface area contributed by atoms with Gasteiger partial charge in [0.25, 0.3) is 0 Å². The lowest BCUT2D eigenvalue weighted by Crippen LogP contribution is -2.16. The highest BCUT2D eigenvalue weighted by atomic mass is 16.5. The first-order valence-corrected chi connectivity index (χ1v) is 6.00. The number of rotatable bonds is 4. The van der Waals surface area contributed by atoms with E-state index in [1.165, 1.54) is 24.8 Å². The van der Waals surface area contributed by atoms with Crippen LogP contribution in [0.15, 0.2) is 18.5 Å². The number of hydrogen-bond donors (Lipinski definition) is 1. The van der Waals surface area contributed by atoms with Gasteiger partial charge in [-0.05, 0) is 42.7 Å². The molecule has 0 radical (unpaired) electrons. The summed E-state index contributed by atoms with van der Waals surface area (Å²) in [4.78, 5) is 4.13. The first kappa shape index (κ1) is 11.6. The quantitative estimate of drug-likeness (QED) is 0.844. The molecule has 0 aliphatic carbocycles. The maximum absolute atomic E-state index is 9.02. The topological polar surface area (TPSA) is 42.4 Å². The summed E-state index contributed by atoms with van der Waals surface area (Å²) in [6, 6.07) is 2.05. The van der Waals surface area contributed by atoms with Crippen molar-refractivity contribution < 1.29 is 9.84 Å². The molecule has 1 fully saturated rings. The summed E-state index contributed by atoms with van der Waals surface area (Å²) in [6.45, 7) is 1.91. The summed E-state index contributed by atoms with van der Waals surface area (Å²) in [5.74, 6) is 0.798. The van der Waals surface area contributed by atoms with Crippen LogP contribution in [0.5, 0.6) is 0 Å². The molecule has 1 aromatic heterocycles. The fraction of sp³-hybridized carbons (Fsp3) is 0.615. The Labute approximate surface area is 96.5 Å². The van der Waals surface area contributed by atoms with Crippen LogP contribution >= 0.6 is 0 Å². The minimum atomic E-state index is 0.0815. The number of hydrogen-bond acceptors (Lipinski definition) is 3. The van der Waals surface area contributed by atoms with Crippen LogP contribution in [0.4, 0.5) is 0 Å². The average Bonchev–Trinajstić information content (AvgIpc) is 2.38. The molecule has 0 amide bonds. The van der Waals surface area contributed by atoms with Crippen LogP contribution in [0.25, 0.3) is 0 Å². The van der Waals surface area contributed by atoms with E-state index in [1.54, 1.807) is 6.20 Å². The van der Waals surface area contributed by atoms with Crippen LogP contribution in [0.3, 0.4) is 0 Å². The number of pyridine rings is 1. The van der Waals surface area contributed by atoms with Gasteiger partial charge in [-0.3, -0.25) is 4.98 Å². The Balaban J connectivity index is 1.83. The fourth-order valence-corrected chi connectivity index (χ4v) is 2.17. The largest absolute Gasteiger partial charge is 0.392 e. The van der Waals surface area contributed by atoms with Gasteiger partial charge in [-0.15, -0.1) is 0 Å². The second-order valence-corrected chi connectivity index (χ2v) is 4.45. The highest BCUT2D eigenvalue weighted by Crippen LogP contribution is 2.20. The summed E-state index contributed by atoms with van der Waals surface area (Å²) in [5.41, 5.74) is 2.14. The van der Waals surface area contributed by atoms with Gasteiger partial charge in [0.2, 0.25) is 0 Å². The second-order valence-electron chi connectivity index (χ2n) is 4.45. The summed E-state index contributed by atoms with van der Waals surface area (Å²) >= 11 is 0. The SMILES string of the molecule is OCc1cncc(CCC2CCOCC2)c1. The van der Waals surface area contributed by atoms with E-state index >= 15 is 0 Å². The van der Waals surface area contributed by atoms with E-state index in [4.69, 9.17) is 9.84 Å². The molecule has 0 unspecified atom stereocenters. The standard InChI is InChI=1S/C13H19NO2/c15-10-13-7-12(8-14-9-13)2-1-11-3-5-16-6-4-11/h7-9,11,15H,1-6,10H2. The van der Waals surface area contributed by atoms with E-state index in [0.29, 0.717) is 0 Å². The van der Waals surface area contributed by atoms with Crippen molar-refractivity contribution in [1.82, 2.24) is 4.98 Å². The van der Waals surface area contributed by atoms with E-state index < -0.39 is 0 Å². The number of ether oxygens (including phenoxy) is 1. The third-order valence-corrected chi connectivity index (χ3v) is 3.22. The number of aliphatic hydroxyl groups is 1. The maximum atomic E-state index is 9.02.